The zero-order valence-corrected chi connectivity index (χ0v) is 21.6. The second kappa shape index (κ2) is 11.9. The van der Waals surface area contributed by atoms with Gasteiger partial charge in [0.1, 0.15) is 0 Å². The highest BCUT2D eigenvalue weighted by molar-refractivity contribution is 7.89. The lowest BCUT2D eigenvalue weighted by Crippen LogP contribution is -2.52. The van der Waals surface area contributed by atoms with Crippen LogP contribution in [0.15, 0.2) is 42.5 Å². The van der Waals surface area contributed by atoms with E-state index in [1.807, 2.05) is 47.4 Å². The average molecular weight is 527 g/mol. The van der Waals surface area contributed by atoms with Crippen LogP contribution in [-0.2, 0) is 14.8 Å². The molecule has 1 saturated heterocycles. The van der Waals surface area contributed by atoms with Crippen molar-refractivity contribution in [3.8, 4) is 0 Å². The molecule has 186 valence electrons. The van der Waals surface area contributed by atoms with E-state index in [1.54, 1.807) is 6.08 Å². The Morgan fingerprint density at radius 1 is 1.00 bits per heavy atom. The monoisotopic (exact) mass is 525 g/mol. The third-order valence-electron chi connectivity index (χ3n) is 6.92. The van der Waals surface area contributed by atoms with Crippen LogP contribution in [0.4, 0.5) is 0 Å². The fourth-order valence-electron chi connectivity index (χ4n) is 4.84. The third kappa shape index (κ3) is 6.52. The minimum Gasteiger partial charge on any atom is -0.340 e. The van der Waals surface area contributed by atoms with Gasteiger partial charge in [0.25, 0.3) is 0 Å². The SMILES string of the molecule is Cl.NCC1CCC(C(=O)N2CCN(S(=O)(=O)CC=Cc3ccc4cc(Cl)ccc4c3)CC2)CC1. The van der Waals surface area contributed by atoms with E-state index >= 15 is 0 Å². The summed E-state index contributed by atoms with van der Waals surface area (Å²) in [6.45, 7) is 2.34. The predicted octanol–water partition coefficient (Wildman–Crippen LogP) is 4.17. The molecule has 34 heavy (non-hydrogen) atoms. The molecular formula is C25H33Cl2N3O3S. The lowest BCUT2D eigenvalue weighted by atomic mass is 9.81. The molecule has 1 heterocycles. The van der Waals surface area contributed by atoms with Crippen LogP contribution in [0.2, 0.25) is 5.02 Å². The first kappa shape index (κ1) is 27.0. The Morgan fingerprint density at radius 3 is 2.32 bits per heavy atom. The number of hydrogen-bond acceptors (Lipinski definition) is 4. The second-order valence-corrected chi connectivity index (χ2v) is 11.6. The van der Waals surface area contributed by atoms with Gasteiger partial charge in [-0.15, -0.1) is 12.4 Å². The number of fused-ring (bicyclic) bond motifs is 1. The van der Waals surface area contributed by atoms with Gasteiger partial charge in [-0.2, -0.15) is 4.31 Å². The molecule has 4 rings (SSSR count). The molecule has 2 aromatic rings. The molecule has 1 amide bonds. The maximum Gasteiger partial charge on any atom is 0.225 e. The topological polar surface area (TPSA) is 83.7 Å². The molecule has 0 unspecified atom stereocenters. The molecule has 2 fully saturated rings. The predicted molar refractivity (Wildman–Crippen MR) is 142 cm³/mol. The summed E-state index contributed by atoms with van der Waals surface area (Å²) in [5.74, 6) is 0.733. The quantitative estimate of drug-likeness (QED) is 0.613. The molecule has 0 aromatic heterocycles. The van der Waals surface area contributed by atoms with Crippen LogP contribution in [0, 0.1) is 11.8 Å². The number of nitrogens with two attached hydrogens (primary N) is 1. The highest BCUT2D eigenvalue weighted by atomic mass is 35.5. The van der Waals surface area contributed by atoms with E-state index in [0.717, 1.165) is 42.0 Å². The van der Waals surface area contributed by atoms with Crippen LogP contribution < -0.4 is 5.73 Å². The van der Waals surface area contributed by atoms with Gasteiger partial charge in [-0.1, -0.05) is 42.0 Å². The van der Waals surface area contributed by atoms with Crippen LogP contribution >= 0.6 is 24.0 Å². The molecule has 2 N–H and O–H groups in total. The van der Waals surface area contributed by atoms with E-state index in [9.17, 15) is 13.2 Å². The molecule has 1 aliphatic carbocycles. The van der Waals surface area contributed by atoms with Crippen molar-refractivity contribution >= 4 is 56.8 Å². The van der Waals surface area contributed by atoms with Crippen molar-refractivity contribution in [1.29, 1.82) is 0 Å². The van der Waals surface area contributed by atoms with Crippen LogP contribution in [0.1, 0.15) is 31.2 Å². The summed E-state index contributed by atoms with van der Waals surface area (Å²) < 4.78 is 27.1. The second-order valence-electron chi connectivity index (χ2n) is 9.11. The number of carbonyl (C=O) groups is 1. The van der Waals surface area contributed by atoms with Crippen molar-refractivity contribution in [2.24, 2.45) is 17.6 Å². The summed E-state index contributed by atoms with van der Waals surface area (Å²) in [7, 11) is -3.41. The fraction of sp³-hybridized carbons (Fsp3) is 0.480. The summed E-state index contributed by atoms with van der Waals surface area (Å²) in [6, 6.07) is 11.7. The molecule has 1 saturated carbocycles. The van der Waals surface area contributed by atoms with E-state index in [0.29, 0.717) is 43.7 Å². The molecule has 2 aliphatic rings. The molecule has 0 spiro atoms. The minimum atomic E-state index is -3.41. The molecule has 2 aromatic carbocycles. The first-order valence-corrected chi connectivity index (χ1v) is 13.7. The van der Waals surface area contributed by atoms with Gasteiger partial charge in [0.05, 0.1) is 5.75 Å². The maximum absolute atomic E-state index is 12.9. The Labute approximate surface area is 213 Å². The number of halogens is 2. The van der Waals surface area contributed by atoms with Crippen LogP contribution in [-0.4, -0.2) is 62.0 Å². The Bertz CT molecular complexity index is 1120. The Morgan fingerprint density at radius 2 is 1.65 bits per heavy atom. The van der Waals surface area contributed by atoms with E-state index in [1.165, 1.54) is 4.31 Å². The van der Waals surface area contributed by atoms with E-state index in [4.69, 9.17) is 17.3 Å². The van der Waals surface area contributed by atoms with Crippen molar-refractivity contribution in [3.05, 3.63) is 53.1 Å². The van der Waals surface area contributed by atoms with Crippen LogP contribution in [0.5, 0.6) is 0 Å². The number of amides is 1. The summed E-state index contributed by atoms with van der Waals surface area (Å²) in [5.41, 5.74) is 6.70. The van der Waals surface area contributed by atoms with Gasteiger partial charge in [-0.3, -0.25) is 4.79 Å². The zero-order valence-electron chi connectivity index (χ0n) is 19.2. The van der Waals surface area contributed by atoms with Crippen LogP contribution in [0.25, 0.3) is 16.8 Å². The summed E-state index contributed by atoms with van der Waals surface area (Å²) in [4.78, 5) is 14.7. The normalized spacial score (nSPS) is 22.1. The largest absolute Gasteiger partial charge is 0.340 e. The number of piperazine rings is 1. The molecule has 9 heteroatoms. The highest BCUT2D eigenvalue weighted by Crippen LogP contribution is 2.30. The Balaban J connectivity index is 0.00000324. The van der Waals surface area contributed by atoms with E-state index in [-0.39, 0.29) is 30.0 Å². The number of hydrogen-bond donors (Lipinski definition) is 1. The van der Waals surface area contributed by atoms with Crippen molar-refractivity contribution in [2.75, 3.05) is 38.5 Å². The zero-order chi connectivity index (χ0) is 23.4. The molecule has 1 aliphatic heterocycles. The lowest BCUT2D eigenvalue weighted by Gasteiger charge is -2.37. The van der Waals surface area contributed by atoms with Crippen molar-refractivity contribution < 1.29 is 13.2 Å². The molecule has 0 atom stereocenters. The first-order chi connectivity index (χ1) is 15.9. The van der Waals surface area contributed by atoms with Gasteiger partial charge >= 0.3 is 0 Å². The Hall–Kier alpha value is -1.64. The van der Waals surface area contributed by atoms with Crippen molar-refractivity contribution in [1.82, 2.24) is 9.21 Å². The molecule has 0 bridgehead atoms. The highest BCUT2D eigenvalue weighted by Gasteiger charge is 2.33. The van der Waals surface area contributed by atoms with Crippen molar-refractivity contribution in [2.45, 2.75) is 25.7 Å². The summed E-state index contributed by atoms with van der Waals surface area (Å²) in [5, 5.41) is 2.80. The van der Waals surface area contributed by atoms with Crippen LogP contribution in [0.3, 0.4) is 0 Å². The van der Waals surface area contributed by atoms with E-state index < -0.39 is 10.0 Å². The van der Waals surface area contributed by atoms with Crippen molar-refractivity contribution in [3.63, 3.8) is 0 Å². The van der Waals surface area contributed by atoms with Gasteiger partial charge in [0.2, 0.25) is 15.9 Å². The Kier molecular flexibility index (Phi) is 9.41. The van der Waals surface area contributed by atoms with Gasteiger partial charge in [-0.25, -0.2) is 8.42 Å². The average Bonchev–Trinajstić information content (AvgIpc) is 2.83. The number of nitrogens with zero attached hydrogens (tertiary/aromatic N) is 2. The number of rotatable bonds is 6. The van der Waals surface area contributed by atoms with Gasteiger partial charge < -0.3 is 10.6 Å². The summed E-state index contributed by atoms with van der Waals surface area (Å²) >= 11 is 6.03. The van der Waals surface area contributed by atoms with Gasteiger partial charge in [0, 0.05) is 37.1 Å². The first-order valence-electron chi connectivity index (χ1n) is 11.7. The third-order valence-corrected chi connectivity index (χ3v) is 8.92. The molecular weight excluding hydrogens is 493 g/mol. The van der Waals surface area contributed by atoms with E-state index in [2.05, 4.69) is 0 Å². The maximum atomic E-state index is 12.9. The summed E-state index contributed by atoms with van der Waals surface area (Å²) in [6.07, 6.45) is 7.34. The number of benzene rings is 2. The lowest BCUT2D eigenvalue weighted by molar-refractivity contribution is -0.138. The molecule has 6 nitrogen and oxygen atoms in total. The fourth-order valence-corrected chi connectivity index (χ4v) is 6.29. The standard InChI is InChI=1S/C25H32ClN3O3S.ClH/c26-24-10-9-22-16-19(3-8-23(22)17-24)2-1-15-33(31,32)29-13-11-28(12-14-29)25(30)21-6-4-20(18-27)5-7-21;/h1-3,8-10,16-17,20-21H,4-7,11-15,18,27H2;1H. The smallest absolute Gasteiger partial charge is 0.225 e. The van der Waals surface area contributed by atoms with Gasteiger partial charge in [0.15, 0.2) is 0 Å². The number of carbonyl (C=O) groups excluding carboxylic acids is 1. The van der Waals surface area contributed by atoms with Gasteiger partial charge in [-0.05, 0) is 72.7 Å². The number of sulfonamides is 1. The minimum absolute atomic E-state index is 0. The molecule has 0 radical (unpaired) electrons.